The van der Waals surface area contributed by atoms with E-state index in [0.717, 1.165) is 5.69 Å². The Kier molecular flexibility index (Phi) is 1.13. The van der Waals surface area contributed by atoms with Crippen LogP contribution in [0.2, 0.25) is 0 Å². The van der Waals surface area contributed by atoms with Crippen LogP contribution in [0.25, 0.3) is 0 Å². The van der Waals surface area contributed by atoms with Gasteiger partial charge in [0.25, 0.3) is 0 Å². The van der Waals surface area contributed by atoms with Gasteiger partial charge in [0.2, 0.25) is 0 Å². The SMILES string of the molecule is Cn1nc(C2CC2)c(N)c1N. The molecule has 1 heterocycles. The molecule has 11 heavy (non-hydrogen) atoms. The highest BCUT2D eigenvalue weighted by molar-refractivity contribution is 5.63. The predicted octanol–water partition coefficient (Wildman–Crippen LogP) is 0.462. The van der Waals surface area contributed by atoms with Crippen LogP contribution in [0.15, 0.2) is 0 Å². The standard InChI is InChI=1S/C7H12N4/c1-11-7(9)5(8)6(10-11)4-2-3-4/h4H,2-3,8-9H2,1H3. The van der Waals surface area contributed by atoms with Crippen molar-refractivity contribution in [3.05, 3.63) is 5.69 Å². The molecule has 0 spiro atoms. The third kappa shape index (κ3) is 0.859. The summed E-state index contributed by atoms with van der Waals surface area (Å²) in [6.45, 7) is 0. The molecule has 4 heteroatoms. The van der Waals surface area contributed by atoms with Gasteiger partial charge in [-0.2, -0.15) is 5.10 Å². The average Bonchev–Trinajstić information content (AvgIpc) is 2.76. The molecule has 1 aromatic rings. The molecule has 1 saturated carbocycles. The van der Waals surface area contributed by atoms with E-state index in [-0.39, 0.29) is 0 Å². The molecule has 4 N–H and O–H groups in total. The van der Waals surface area contributed by atoms with Gasteiger partial charge in [-0.3, -0.25) is 4.68 Å². The molecule has 0 aliphatic heterocycles. The Labute approximate surface area is 65.2 Å². The quantitative estimate of drug-likeness (QED) is 0.614. The number of anilines is 2. The number of nitrogens with zero attached hydrogens (tertiary/aromatic N) is 2. The summed E-state index contributed by atoms with van der Waals surface area (Å²) in [7, 11) is 1.82. The topological polar surface area (TPSA) is 69.9 Å². The van der Waals surface area contributed by atoms with Crippen molar-refractivity contribution in [1.82, 2.24) is 9.78 Å². The number of nitrogens with two attached hydrogens (primary N) is 2. The molecule has 0 amide bonds. The average molecular weight is 152 g/mol. The van der Waals surface area contributed by atoms with Crippen LogP contribution in [0, 0.1) is 0 Å². The number of hydrogen-bond donors (Lipinski definition) is 2. The molecule has 0 atom stereocenters. The third-order valence-electron chi connectivity index (χ3n) is 2.12. The summed E-state index contributed by atoms with van der Waals surface area (Å²) >= 11 is 0. The lowest BCUT2D eigenvalue weighted by Crippen LogP contribution is -1.98. The van der Waals surface area contributed by atoms with Gasteiger partial charge in [0.05, 0.1) is 11.4 Å². The second-order valence-electron chi connectivity index (χ2n) is 3.08. The van der Waals surface area contributed by atoms with E-state index in [1.807, 2.05) is 7.05 Å². The summed E-state index contributed by atoms with van der Waals surface area (Å²) in [5.74, 6) is 1.17. The van der Waals surface area contributed by atoms with Crippen molar-refractivity contribution in [2.75, 3.05) is 11.5 Å². The fourth-order valence-electron chi connectivity index (χ4n) is 1.23. The van der Waals surface area contributed by atoms with E-state index in [9.17, 15) is 0 Å². The maximum Gasteiger partial charge on any atom is 0.145 e. The number of nitrogen functional groups attached to an aromatic ring is 2. The minimum Gasteiger partial charge on any atom is -0.394 e. The van der Waals surface area contributed by atoms with Crippen LogP contribution in [0.4, 0.5) is 11.5 Å². The highest BCUT2D eigenvalue weighted by atomic mass is 15.3. The Balaban J connectivity index is 2.46. The lowest BCUT2D eigenvalue weighted by molar-refractivity contribution is 0.753. The zero-order chi connectivity index (χ0) is 8.01. The van der Waals surface area contributed by atoms with Crippen LogP contribution in [-0.4, -0.2) is 9.78 Å². The molecule has 0 unspecified atom stereocenters. The van der Waals surface area contributed by atoms with Gasteiger partial charge in [-0.15, -0.1) is 0 Å². The summed E-state index contributed by atoms with van der Waals surface area (Å²) in [6, 6.07) is 0. The Bertz CT molecular complexity index is 285. The van der Waals surface area contributed by atoms with Gasteiger partial charge >= 0.3 is 0 Å². The lowest BCUT2D eigenvalue weighted by Gasteiger charge is -1.92. The van der Waals surface area contributed by atoms with Crippen molar-refractivity contribution in [3.63, 3.8) is 0 Å². The minimum atomic E-state index is 0.582. The third-order valence-corrected chi connectivity index (χ3v) is 2.12. The van der Waals surface area contributed by atoms with Crippen LogP contribution in [-0.2, 0) is 7.05 Å². The zero-order valence-corrected chi connectivity index (χ0v) is 6.54. The van der Waals surface area contributed by atoms with E-state index in [0.29, 0.717) is 17.4 Å². The monoisotopic (exact) mass is 152 g/mol. The van der Waals surface area contributed by atoms with Crippen molar-refractivity contribution in [3.8, 4) is 0 Å². The van der Waals surface area contributed by atoms with Gasteiger partial charge in [0, 0.05) is 13.0 Å². The van der Waals surface area contributed by atoms with Gasteiger partial charge in [-0.1, -0.05) is 0 Å². The van der Waals surface area contributed by atoms with Gasteiger partial charge in [-0.25, -0.2) is 0 Å². The molecule has 1 aliphatic carbocycles. The molecule has 4 nitrogen and oxygen atoms in total. The summed E-state index contributed by atoms with van der Waals surface area (Å²) in [4.78, 5) is 0. The van der Waals surface area contributed by atoms with Crippen molar-refractivity contribution in [1.29, 1.82) is 0 Å². The second-order valence-corrected chi connectivity index (χ2v) is 3.08. The Hall–Kier alpha value is -1.19. The van der Waals surface area contributed by atoms with Gasteiger partial charge < -0.3 is 11.5 Å². The fourth-order valence-corrected chi connectivity index (χ4v) is 1.23. The van der Waals surface area contributed by atoms with Crippen LogP contribution < -0.4 is 11.5 Å². The molecule has 1 aromatic heterocycles. The summed E-state index contributed by atoms with van der Waals surface area (Å²) in [6.07, 6.45) is 2.42. The van der Waals surface area contributed by atoms with Gasteiger partial charge in [0.1, 0.15) is 5.82 Å². The largest absolute Gasteiger partial charge is 0.394 e. The number of rotatable bonds is 1. The number of hydrogen-bond acceptors (Lipinski definition) is 3. The maximum absolute atomic E-state index is 5.74. The summed E-state index contributed by atoms with van der Waals surface area (Å²) in [5.41, 5.74) is 13.0. The molecule has 0 bridgehead atoms. The normalized spacial score (nSPS) is 17.2. The predicted molar refractivity (Wildman–Crippen MR) is 44.0 cm³/mol. The van der Waals surface area contributed by atoms with Crippen LogP contribution in [0.5, 0.6) is 0 Å². The molecule has 1 fully saturated rings. The zero-order valence-electron chi connectivity index (χ0n) is 6.54. The Morgan fingerprint density at radius 1 is 1.45 bits per heavy atom. The van der Waals surface area contributed by atoms with Crippen LogP contribution in [0.3, 0.4) is 0 Å². The maximum atomic E-state index is 5.74. The number of aromatic nitrogens is 2. The molecule has 60 valence electrons. The Morgan fingerprint density at radius 3 is 2.45 bits per heavy atom. The van der Waals surface area contributed by atoms with E-state index in [2.05, 4.69) is 5.10 Å². The van der Waals surface area contributed by atoms with E-state index in [4.69, 9.17) is 11.5 Å². The van der Waals surface area contributed by atoms with Gasteiger partial charge in [-0.05, 0) is 12.8 Å². The van der Waals surface area contributed by atoms with Gasteiger partial charge in [0.15, 0.2) is 0 Å². The molecule has 2 rings (SSSR count). The summed E-state index contributed by atoms with van der Waals surface area (Å²) in [5, 5.41) is 4.24. The molecule has 1 aliphatic rings. The first-order valence-electron chi connectivity index (χ1n) is 3.78. The van der Waals surface area contributed by atoms with Crippen LogP contribution in [0.1, 0.15) is 24.5 Å². The van der Waals surface area contributed by atoms with Crippen molar-refractivity contribution < 1.29 is 0 Å². The van der Waals surface area contributed by atoms with Crippen molar-refractivity contribution >= 4 is 11.5 Å². The van der Waals surface area contributed by atoms with Crippen LogP contribution >= 0.6 is 0 Å². The molecule has 0 radical (unpaired) electrons. The summed E-state index contributed by atoms with van der Waals surface area (Å²) < 4.78 is 1.64. The van der Waals surface area contributed by atoms with E-state index in [1.54, 1.807) is 4.68 Å². The first-order valence-corrected chi connectivity index (χ1v) is 3.78. The highest BCUT2D eigenvalue weighted by Gasteiger charge is 2.29. The highest BCUT2D eigenvalue weighted by Crippen LogP contribution is 2.43. The second kappa shape index (κ2) is 1.90. The molecule has 0 saturated heterocycles. The fraction of sp³-hybridized carbons (Fsp3) is 0.571. The lowest BCUT2D eigenvalue weighted by atomic mass is 10.2. The van der Waals surface area contributed by atoms with E-state index >= 15 is 0 Å². The molecule has 0 aromatic carbocycles. The van der Waals surface area contributed by atoms with Crippen molar-refractivity contribution in [2.45, 2.75) is 18.8 Å². The molecular formula is C7H12N4. The Morgan fingerprint density at radius 2 is 2.09 bits per heavy atom. The van der Waals surface area contributed by atoms with E-state index < -0.39 is 0 Å². The first kappa shape index (κ1) is 6.52. The number of aryl methyl sites for hydroxylation is 1. The first-order chi connectivity index (χ1) is 5.20. The van der Waals surface area contributed by atoms with E-state index in [1.165, 1.54) is 12.8 Å². The smallest absolute Gasteiger partial charge is 0.145 e. The minimum absolute atomic E-state index is 0.582. The molecular weight excluding hydrogens is 140 g/mol. The van der Waals surface area contributed by atoms with Crippen molar-refractivity contribution in [2.24, 2.45) is 7.05 Å².